The van der Waals surface area contributed by atoms with Gasteiger partial charge in [0.2, 0.25) is 5.91 Å². The molecule has 0 saturated carbocycles. The Hall–Kier alpha value is -0.750. The Morgan fingerprint density at radius 2 is 2.32 bits per heavy atom. The van der Waals surface area contributed by atoms with Crippen molar-refractivity contribution in [2.45, 2.75) is 24.3 Å². The summed E-state index contributed by atoms with van der Waals surface area (Å²) in [6.45, 7) is 2.86. The van der Waals surface area contributed by atoms with Crippen molar-refractivity contribution in [3.63, 3.8) is 0 Å². The Morgan fingerprint density at radius 3 is 3.00 bits per heavy atom. The largest absolute Gasteiger partial charge is 0.396 e. The Labute approximate surface area is 121 Å². The molecule has 1 aromatic carbocycles. The topological polar surface area (TPSA) is 61.4 Å². The summed E-state index contributed by atoms with van der Waals surface area (Å²) in [6, 6.07) is 3.45. The number of anilines is 1. The van der Waals surface area contributed by atoms with Crippen LogP contribution in [0.3, 0.4) is 0 Å². The predicted octanol–water partition coefficient (Wildman–Crippen LogP) is 2.42. The minimum absolute atomic E-state index is 0.0366. The zero-order valence-corrected chi connectivity index (χ0v) is 12.3. The number of fused-ring (bicyclic) bond motifs is 1. The number of nitrogens with one attached hydrogen (secondary N) is 2. The van der Waals surface area contributed by atoms with Crippen molar-refractivity contribution in [1.29, 1.82) is 0 Å². The van der Waals surface area contributed by atoms with E-state index in [0.29, 0.717) is 5.02 Å². The number of halogens is 1. The lowest BCUT2D eigenvalue weighted by atomic mass is 10.1. The van der Waals surface area contributed by atoms with Crippen molar-refractivity contribution in [2.75, 3.05) is 24.2 Å². The molecule has 1 aromatic rings. The fourth-order valence-corrected chi connectivity index (χ4v) is 3.25. The summed E-state index contributed by atoms with van der Waals surface area (Å²) < 4.78 is 0. The standard InChI is InChI=1S/C13H17ClN2O2S/c1-2-15-12-8-6-9(14)11(19-5-3-4-17)7-10(8)16-13(12)18/h6-7,12,15,17H,2-5H2,1H3,(H,16,18). The van der Waals surface area contributed by atoms with Crippen LogP contribution in [0.4, 0.5) is 5.69 Å². The van der Waals surface area contributed by atoms with Crippen molar-refractivity contribution >= 4 is 35.0 Å². The van der Waals surface area contributed by atoms with E-state index in [1.54, 1.807) is 11.8 Å². The van der Waals surface area contributed by atoms with Gasteiger partial charge in [-0.25, -0.2) is 0 Å². The Kier molecular flexibility index (Phi) is 5.10. The highest BCUT2D eigenvalue weighted by Gasteiger charge is 2.30. The van der Waals surface area contributed by atoms with Crippen LogP contribution in [0.25, 0.3) is 0 Å². The zero-order valence-electron chi connectivity index (χ0n) is 10.7. The maximum atomic E-state index is 11.8. The monoisotopic (exact) mass is 300 g/mol. The fraction of sp³-hybridized carbons (Fsp3) is 0.462. The second-order valence-corrected chi connectivity index (χ2v) is 5.82. The van der Waals surface area contributed by atoms with Crippen molar-refractivity contribution in [2.24, 2.45) is 0 Å². The molecule has 1 atom stereocenters. The predicted molar refractivity (Wildman–Crippen MR) is 78.9 cm³/mol. The number of benzene rings is 1. The van der Waals surface area contributed by atoms with Gasteiger partial charge in [0.15, 0.2) is 0 Å². The number of aliphatic hydroxyl groups is 1. The first-order chi connectivity index (χ1) is 9.17. The minimum atomic E-state index is -0.311. The van der Waals surface area contributed by atoms with E-state index in [0.717, 1.165) is 34.9 Å². The Bertz CT molecular complexity index is 482. The Morgan fingerprint density at radius 1 is 1.53 bits per heavy atom. The molecule has 6 heteroatoms. The summed E-state index contributed by atoms with van der Waals surface area (Å²) in [4.78, 5) is 12.8. The maximum Gasteiger partial charge on any atom is 0.246 e. The van der Waals surface area contributed by atoms with Crippen LogP contribution in [0.15, 0.2) is 17.0 Å². The number of hydrogen-bond acceptors (Lipinski definition) is 4. The summed E-state index contributed by atoms with van der Waals surface area (Å²) in [5, 5.41) is 15.4. The molecule has 2 rings (SSSR count). The molecule has 4 nitrogen and oxygen atoms in total. The van der Waals surface area contributed by atoms with E-state index in [2.05, 4.69) is 10.6 Å². The lowest BCUT2D eigenvalue weighted by Crippen LogP contribution is -2.27. The number of amides is 1. The molecule has 19 heavy (non-hydrogen) atoms. The number of hydrogen-bond donors (Lipinski definition) is 3. The third-order valence-corrected chi connectivity index (χ3v) is 4.47. The summed E-state index contributed by atoms with van der Waals surface area (Å²) in [5.74, 6) is 0.769. The lowest BCUT2D eigenvalue weighted by molar-refractivity contribution is -0.117. The highest BCUT2D eigenvalue weighted by molar-refractivity contribution is 7.99. The quantitative estimate of drug-likeness (QED) is 0.558. The van der Waals surface area contributed by atoms with Crippen LogP contribution in [-0.4, -0.2) is 29.9 Å². The van der Waals surface area contributed by atoms with Crippen LogP contribution in [0.1, 0.15) is 24.9 Å². The maximum absolute atomic E-state index is 11.8. The van der Waals surface area contributed by atoms with E-state index in [1.165, 1.54) is 0 Å². The van der Waals surface area contributed by atoms with Crippen molar-refractivity contribution in [3.8, 4) is 0 Å². The van der Waals surface area contributed by atoms with Gasteiger partial charge in [0.25, 0.3) is 0 Å². The van der Waals surface area contributed by atoms with Gasteiger partial charge in [-0.15, -0.1) is 11.8 Å². The van der Waals surface area contributed by atoms with Crippen LogP contribution in [0, 0.1) is 0 Å². The minimum Gasteiger partial charge on any atom is -0.396 e. The fourth-order valence-electron chi connectivity index (χ4n) is 2.03. The highest BCUT2D eigenvalue weighted by atomic mass is 35.5. The van der Waals surface area contributed by atoms with Gasteiger partial charge in [-0.05, 0) is 25.1 Å². The van der Waals surface area contributed by atoms with Gasteiger partial charge < -0.3 is 15.7 Å². The van der Waals surface area contributed by atoms with E-state index < -0.39 is 0 Å². The number of rotatable bonds is 6. The first-order valence-corrected chi connectivity index (χ1v) is 7.65. The smallest absolute Gasteiger partial charge is 0.246 e. The van der Waals surface area contributed by atoms with Crippen LogP contribution in [0.2, 0.25) is 5.02 Å². The molecule has 3 N–H and O–H groups in total. The van der Waals surface area contributed by atoms with E-state index in [4.69, 9.17) is 16.7 Å². The molecule has 1 amide bonds. The van der Waals surface area contributed by atoms with Crippen molar-refractivity contribution in [3.05, 3.63) is 22.7 Å². The van der Waals surface area contributed by atoms with E-state index in [1.807, 2.05) is 19.1 Å². The number of thioether (sulfide) groups is 1. The molecule has 0 radical (unpaired) electrons. The van der Waals surface area contributed by atoms with Gasteiger partial charge in [0, 0.05) is 28.5 Å². The van der Waals surface area contributed by atoms with Crippen LogP contribution in [-0.2, 0) is 4.79 Å². The van der Waals surface area contributed by atoms with Gasteiger partial charge in [-0.1, -0.05) is 18.5 Å². The number of aliphatic hydroxyl groups excluding tert-OH is 1. The molecular formula is C13H17ClN2O2S. The molecule has 0 fully saturated rings. The second kappa shape index (κ2) is 6.61. The SMILES string of the molecule is CCNC1C(=O)Nc2cc(SCCCO)c(Cl)cc21. The summed E-state index contributed by atoms with van der Waals surface area (Å²) in [7, 11) is 0. The molecule has 0 spiro atoms. The normalized spacial score (nSPS) is 17.4. The van der Waals surface area contributed by atoms with Crippen LogP contribution >= 0.6 is 23.4 Å². The van der Waals surface area contributed by atoms with Gasteiger partial charge in [-0.2, -0.15) is 0 Å². The molecule has 0 saturated heterocycles. The average molecular weight is 301 g/mol. The average Bonchev–Trinajstić information content (AvgIpc) is 2.67. The van der Waals surface area contributed by atoms with Gasteiger partial charge in [0.05, 0.1) is 5.02 Å². The summed E-state index contributed by atoms with van der Waals surface area (Å²) >= 11 is 7.84. The number of carbonyl (C=O) groups is 1. The molecular weight excluding hydrogens is 284 g/mol. The van der Waals surface area contributed by atoms with Crippen molar-refractivity contribution in [1.82, 2.24) is 5.32 Å². The zero-order chi connectivity index (χ0) is 13.8. The number of likely N-dealkylation sites (N-methyl/N-ethyl adjacent to an activating group) is 1. The van der Waals surface area contributed by atoms with E-state index in [-0.39, 0.29) is 18.6 Å². The summed E-state index contributed by atoms with van der Waals surface area (Å²) in [6.07, 6.45) is 0.727. The number of carbonyl (C=O) groups excluding carboxylic acids is 1. The molecule has 0 bridgehead atoms. The van der Waals surface area contributed by atoms with Crippen molar-refractivity contribution < 1.29 is 9.90 Å². The lowest BCUT2D eigenvalue weighted by Gasteiger charge is -2.11. The first-order valence-electron chi connectivity index (χ1n) is 6.28. The highest BCUT2D eigenvalue weighted by Crippen LogP contribution is 2.38. The second-order valence-electron chi connectivity index (χ2n) is 4.28. The van der Waals surface area contributed by atoms with E-state index >= 15 is 0 Å². The first kappa shape index (κ1) is 14.7. The Balaban J connectivity index is 2.20. The molecule has 1 aliphatic rings. The van der Waals surface area contributed by atoms with Gasteiger partial charge in [-0.3, -0.25) is 4.79 Å². The van der Waals surface area contributed by atoms with Gasteiger partial charge in [0.1, 0.15) is 6.04 Å². The molecule has 1 unspecified atom stereocenters. The summed E-state index contributed by atoms with van der Waals surface area (Å²) in [5.41, 5.74) is 1.73. The third-order valence-electron chi connectivity index (χ3n) is 2.90. The molecule has 1 aliphatic heterocycles. The van der Waals surface area contributed by atoms with Crippen LogP contribution < -0.4 is 10.6 Å². The van der Waals surface area contributed by atoms with Crippen LogP contribution in [0.5, 0.6) is 0 Å². The molecule has 0 aliphatic carbocycles. The molecule has 0 aromatic heterocycles. The third kappa shape index (κ3) is 3.23. The molecule has 104 valence electrons. The van der Waals surface area contributed by atoms with Gasteiger partial charge >= 0.3 is 0 Å². The van der Waals surface area contributed by atoms with E-state index in [9.17, 15) is 4.79 Å². The molecule has 1 heterocycles.